The Balaban J connectivity index is 1.85. The van der Waals surface area contributed by atoms with Crippen molar-refractivity contribution in [3.8, 4) is 0 Å². The summed E-state index contributed by atoms with van der Waals surface area (Å²) in [4.78, 5) is 2.41. The van der Waals surface area contributed by atoms with E-state index in [1.807, 2.05) is 18.2 Å². The maximum absolute atomic E-state index is 6.05. The zero-order valence-corrected chi connectivity index (χ0v) is 12.8. The molecule has 0 spiro atoms. The summed E-state index contributed by atoms with van der Waals surface area (Å²) in [6.07, 6.45) is 0.251. The number of anilines is 1. The molecule has 18 heavy (non-hydrogen) atoms. The summed E-state index contributed by atoms with van der Waals surface area (Å²) in [5.74, 6) is 0. The molecule has 0 aromatic heterocycles. The van der Waals surface area contributed by atoms with Crippen molar-refractivity contribution in [3.05, 3.63) is 27.7 Å². The maximum Gasteiger partial charge on any atom is 0.0874 e. The van der Waals surface area contributed by atoms with Gasteiger partial charge in [-0.3, -0.25) is 4.90 Å². The molecule has 0 bridgehead atoms. The Hall–Kier alpha value is -0.290. The highest BCUT2D eigenvalue weighted by Crippen LogP contribution is 2.25. The van der Waals surface area contributed by atoms with E-state index < -0.39 is 0 Å². The summed E-state index contributed by atoms with van der Waals surface area (Å²) in [6, 6.07) is 5.88. The average molecular weight is 334 g/mol. The molecular formula is C13H18BrClN2O. The Bertz CT molecular complexity index is 403. The second-order valence-corrected chi connectivity index (χ2v) is 5.66. The fourth-order valence-corrected chi connectivity index (χ4v) is 2.46. The van der Waals surface area contributed by atoms with E-state index in [1.54, 1.807) is 0 Å². The minimum Gasteiger partial charge on any atom is -0.382 e. The molecule has 1 saturated heterocycles. The van der Waals surface area contributed by atoms with Crippen LogP contribution in [0.3, 0.4) is 0 Å². The summed E-state index contributed by atoms with van der Waals surface area (Å²) >= 11 is 9.44. The van der Waals surface area contributed by atoms with Gasteiger partial charge >= 0.3 is 0 Å². The van der Waals surface area contributed by atoms with Crippen molar-refractivity contribution in [2.75, 3.05) is 38.1 Å². The van der Waals surface area contributed by atoms with Crippen molar-refractivity contribution in [2.24, 2.45) is 0 Å². The highest BCUT2D eigenvalue weighted by Gasteiger charge is 2.18. The lowest BCUT2D eigenvalue weighted by Gasteiger charge is -2.32. The fourth-order valence-electron chi connectivity index (χ4n) is 2.03. The van der Waals surface area contributed by atoms with E-state index in [-0.39, 0.29) is 6.10 Å². The molecule has 1 aliphatic rings. The summed E-state index contributed by atoms with van der Waals surface area (Å²) < 4.78 is 6.66. The zero-order valence-electron chi connectivity index (χ0n) is 10.5. The second kappa shape index (κ2) is 6.75. The third kappa shape index (κ3) is 3.85. The largest absolute Gasteiger partial charge is 0.382 e. The molecule has 0 amide bonds. The van der Waals surface area contributed by atoms with Crippen LogP contribution >= 0.6 is 27.5 Å². The van der Waals surface area contributed by atoms with Gasteiger partial charge < -0.3 is 10.1 Å². The Morgan fingerprint density at radius 1 is 1.56 bits per heavy atom. The molecule has 1 aromatic carbocycles. The predicted octanol–water partition coefficient (Wildman–Crippen LogP) is 3.24. The third-order valence-corrected chi connectivity index (χ3v) is 4.36. The molecule has 1 N–H and O–H groups in total. The van der Waals surface area contributed by atoms with Crippen molar-refractivity contribution in [3.63, 3.8) is 0 Å². The van der Waals surface area contributed by atoms with Crippen LogP contribution in [0.15, 0.2) is 22.7 Å². The Morgan fingerprint density at radius 3 is 3.11 bits per heavy atom. The van der Waals surface area contributed by atoms with Crippen LogP contribution in [0.4, 0.5) is 5.69 Å². The number of hydrogen-bond acceptors (Lipinski definition) is 3. The van der Waals surface area contributed by atoms with Gasteiger partial charge in [-0.1, -0.05) is 18.5 Å². The van der Waals surface area contributed by atoms with Gasteiger partial charge in [0.05, 0.1) is 17.7 Å². The first kappa shape index (κ1) is 14.1. The third-order valence-electron chi connectivity index (χ3n) is 3.12. The van der Waals surface area contributed by atoms with Crippen molar-refractivity contribution in [1.29, 1.82) is 0 Å². The van der Waals surface area contributed by atoms with E-state index in [2.05, 4.69) is 33.1 Å². The van der Waals surface area contributed by atoms with Crippen LogP contribution in [-0.2, 0) is 4.74 Å². The minimum atomic E-state index is 0.251. The molecule has 5 heteroatoms. The summed E-state index contributed by atoms with van der Waals surface area (Å²) in [6.45, 7) is 6.94. The Morgan fingerprint density at radius 2 is 2.39 bits per heavy atom. The second-order valence-electron chi connectivity index (χ2n) is 4.40. The summed E-state index contributed by atoms with van der Waals surface area (Å²) in [5.41, 5.74) is 1.03. The zero-order chi connectivity index (χ0) is 13.0. The lowest BCUT2D eigenvalue weighted by Crippen LogP contribution is -2.45. The van der Waals surface area contributed by atoms with Crippen molar-refractivity contribution >= 4 is 33.2 Å². The number of benzene rings is 1. The molecule has 1 unspecified atom stereocenters. The van der Waals surface area contributed by atoms with Crippen LogP contribution < -0.4 is 5.32 Å². The Kier molecular flexibility index (Phi) is 5.30. The van der Waals surface area contributed by atoms with Gasteiger partial charge in [-0.15, -0.1) is 0 Å². The lowest BCUT2D eigenvalue weighted by molar-refractivity contribution is -0.0191. The van der Waals surface area contributed by atoms with Gasteiger partial charge in [0.15, 0.2) is 0 Å². The molecule has 0 aliphatic carbocycles. The maximum atomic E-state index is 6.05. The molecule has 1 heterocycles. The van der Waals surface area contributed by atoms with Gasteiger partial charge in [-0.2, -0.15) is 0 Å². The van der Waals surface area contributed by atoms with Gasteiger partial charge in [0.1, 0.15) is 0 Å². The first-order chi connectivity index (χ1) is 8.69. The molecule has 0 saturated carbocycles. The number of morpholine rings is 1. The number of nitrogens with one attached hydrogen (secondary N) is 1. The number of hydrogen-bond donors (Lipinski definition) is 1. The van der Waals surface area contributed by atoms with Gasteiger partial charge in [-0.05, 0) is 40.7 Å². The summed E-state index contributed by atoms with van der Waals surface area (Å²) in [7, 11) is 0. The monoisotopic (exact) mass is 332 g/mol. The lowest BCUT2D eigenvalue weighted by atomic mass is 10.2. The van der Waals surface area contributed by atoms with E-state index in [0.29, 0.717) is 0 Å². The molecule has 2 rings (SSSR count). The van der Waals surface area contributed by atoms with Crippen LogP contribution in [-0.4, -0.2) is 43.8 Å². The molecule has 1 atom stereocenters. The quantitative estimate of drug-likeness (QED) is 0.915. The van der Waals surface area contributed by atoms with Crippen LogP contribution in [0.5, 0.6) is 0 Å². The first-order valence-corrected chi connectivity index (χ1v) is 7.39. The van der Waals surface area contributed by atoms with Crippen LogP contribution in [0.25, 0.3) is 0 Å². The number of halogens is 2. The number of rotatable bonds is 4. The highest BCUT2D eigenvalue weighted by atomic mass is 79.9. The average Bonchev–Trinajstić information content (AvgIpc) is 2.40. The topological polar surface area (TPSA) is 24.5 Å². The SMILES string of the molecule is CCN1CCOC(CNc2ccc(Br)c(Cl)c2)C1. The highest BCUT2D eigenvalue weighted by molar-refractivity contribution is 9.10. The minimum absolute atomic E-state index is 0.251. The van der Waals surface area contributed by atoms with Crippen LogP contribution in [0, 0.1) is 0 Å². The smallest absolute Gasteiger partial charge is 0.0874 e. The van der Waals surface area contributed by atoms with Gasteiger partial charge in [-0.25, -0.2) is 0 Å². The fraction of sp³-hybridized carbons (Fsp3) is 0.538. The summed E-state index contributed by atoms with van der Waals surface area (Å²) in [5, 5.41) is 4.09. The standard InChI is InChI=1S/C13H18BrClN2O/c1-2-17-5-6-18-11(9-17)8-16-10-3-4-12(14)13(15)7-10/h3-4,7,11,16H,2,5-6,8-9H2,1H3. The van der Waals surface area contributed by atoms with Crippen LogP contribution in [0.1, 0.15) is 6.92 Å². The van der Waals surface area contributed by atoms with Crippen molar-refractivity contribution in [1.82, 2.24) is 4.90 Å². The number of likely N-dealkylation sites (N-methyl/N-ethyl adjacent to an activating group) is 1. The van der Waals surface area contributed by atoms with E-state index in [1.165, 1.54) is 0 Å². The van der Waals surface area contributed by atoms with Crippen molar-refractivity contribution in [2.45, 2.75) is 13.0 Å². The number of ether oxygens (including phenoxy) is 1. The number of nitrogens with zero attached hydrogens (tertiary/aromatic N) is 1. The van der Waals surface area contributed by atoms with Gasteiger partial charge in [0.2, 0.25) is 0 Å². The molecule has 1 aliphatic heterocycles. The molecule has 3 nitrogen and oxygen atoms in total. The normalized spacial score (nSPS) is 20.9. The van der Waals surface area contributed by atoms with Crippen LogP contribution in [0.2, 0.25) is 5.02 Å². The van der Waals surface area contributed by atoms with E-state index in [0.717, 1.165) is 48.0 Å². The molecular weight excluding hydrogens is 316 g/mol. The van der Waals surface area contributed by atoms with Gasteiger partial charge in [0.25, 0.3) is 0 Å². The first-order valence-electron chi connectivity index (χ1n) is 6.22. The molecule has 100 valence electrons. The van der Waals surface area contributed by atoms with E-state index >= 15 is 0 Å². The Labute approximate surface area is 122 Å². The van der Waals surface area contributed by atoms with E-state index in [9.17, 15) is 0 Å². The van der Waals surface area contributed by atoms with Gasteiger partial charge in [0, 0.05) is 29.8 Å². The predicted molar refractivity (Wildman–Crippen MR) is 79.5 cm³/mol. The molecule has 1 fully saturated rings. The van der Waals surface area contributed by atoms with Crippen molar-refractivity contribution < 1.29 is 4.74 Å². The van der Waals surface area contributed by atoms with E-state index in [4.69, 9.17) is 16.3 Å². The molecule has 0 radical (unpaired) electrons. The molecule has 1 aromatic rings.